The molecule has 1 saturated heterocycles. The molecule has 1 aromatic rings. The van der Waals surface area contributed by atoms with Gasteiger partial charge in [-0.3, -0.25) is 4.79 Å². The fraction of sp³-hybridized carbons (Fsp3) is 0.417. The summed E-state index contributed by atoms with van der Waals surface area (Å²) in [5.74, 6) is 0.670. The van der Waals surface area contributed by atoms with E-state index in [1.54, 1.807) is 0 Å². The van der Waals surface area contributed by atoms with Crippen molar-refractivity contribution >= 4 is 5.78 Å². The topological polar surface area (TPSA) is 26.3 Å². The summed E-state index contributed by atoms with van der Waals surface area (Å²) in [6.07, 6.45) is 1.66. The second kappa shape index (κ2) is 4.38. The lowest BCUT2D eigenvalue weighted by Gasteiger charge is -2.05. The Hall–Kier alpha value is -1.15. The van der Waals surface area contributed by atoms with Crippen molar-refractivity contribution in [3.8, 4) is 0 Å². The number of ketones is 1. The Labute approximate surface area is 83.9 Å². The van der Waals surface area contributed by atoms with Gasteiger partial charge in [0.05, 0.1) is 0 Å². The van der Waals surface area contributed by atoms with Crippen LogP contribution in [0.2, 0.25) is 0 Å². The number of hydrogen-bond donors (Lipinski definition) is 0. The van der Waals surface area contributed by atoms with E-state index in [-0.39, 0.29) is 5.78 Å². The highest BCUT2D eigenvalue weighted by atomic mass is 16.5. The van der Waals surface area contributed by atoms with E-state index in [2.05, 4.69) is 0 Å². The van der Waals surface area contributed by atoms with E-state index >= 15 is 0 Å². The zero-order valence-electron chi connectivity index (χ0n) is 8.11. The molecular formula is C12H14O2. The van der Waals surface area contributed by atoms with E-state index in [0.717, 1.165) is 25.2 Å². The van der Waals surface area contributed by atoms with Crippen LogP contribution in [0.3, 0.4) is 0 Å². The normalized spacial score (nSPS) is 21.0. The van der Waals surface area contributed by atoms with Gasteiger partial charge in [-0.15, -0.1) is 0 Å². The lowest BCUT2D eigenvalue weighted by atomic mass is 9.98. The summed E-state index contributed by atoms with van der Waals surface area (Å²) in [6, 6.07) is 9.47. The summed E-state index contributed by atoms with van der Waals surface area (Å²) in [5, 5.41) is 0. The smallest absolute Gasteiger partial charge is 0.163 e. The first-order valence-corrected chi connectivity index (χ1v) is 5.02. The molecule has 14 heavy (non-hydrogen) atoms. The van der Waals surface area contributed by atoms with Gasteiger partial charge < -0.3 is 4.74 Å². The predicted octanol–water partition coefficient (Wildman–Crippen LogP) is 2.30. The summed E-state index contributed by atoms with van der Waals surface area (Å²) >= 11 is 0. The molecule has 74 valence electrons. The van der Waals surface area contributed by atoms with Gasteiger partial charge >= 0.3 is 0 Å². The summed E-state index contributed by atoms with van der Waals surface area (Å²) in [5.41, 5.74) is 0.819. The zero-order chi connectivity index (χ0) is 9.80. The molecule has 0 spiro atoms. The molecule has 1 aliphatic rings. The van der Waals surface area contributed by atoms with E-state index in [4.69, 9.17) is 4.74 Å². The van der Waals surface area contributed by atoms with Crippen LogP contribution in [0.15, 0.2) is 30.3 Å². The summed E-state index contributed by atoms with van der Waals surface area (Å²) in [4.78, 5) is 11.7. The van der Waals surface area contributed by atoms with Crippen LogP contribution in [0, 0.1) is 5.92 Å². The number of hydrogen-bond acceptors (Lipinski definition) is 2. The van der Waals surface area contributed by atoms with E-state index in [0.29, 0.717) is 12.3 Å². The lowest BCUT2D eigenvalue weighted by Crippen LogP contribution is -2.08. The molecule has 0 aliphatic carbocycles. The largest absolute Gasteiger partial charge is 0.381 e. The van der Waals surface area contributed by atoms with Crippen molar-refractivity contribution in [2.75, 3.05) is 13.2 Å². The first-order valence-electron chi connectivity index (χ1n) is 5.02. The molecule has 1 heterocycles. The molecule has 1 atom stereocenters. The van der Waals surface area contributed by atoms with Crippen molar-refractivity contribution in [3.05, 3.63) is 35.9 Å². The maximum Gasteiger partial charge on any atom is 0.163 e. The third-order valence-corrected chi connectivity index (χ3v) is 2.59. The Morgan fingerprint density at radius 1 is 1.36 bits per heavy atom. The number of Topliss-reactive ketones (excluding diaryl/α,β-unsaturated/α-hetero) is 1. The van der Waals surface area contributed by atoms with Crippen LogP contribution in [0.25, 0.3) is 0 Å². The average Bonchev–Trinajstić information content (AvgIpc) is 2.72. The van der Waals surface area contributed by atoms with Crippen molar-refractivity contribution in [1.29, 1.82) is 0 Å². The number of rotatable bonds is 3. The van der Waals surface area contributed by atoms with Crippen LogP contribution in [-0.2, 0) is 4.74 Å². The molecule has 0 saturated carbocycles. The van der Waals surface area contributed by atoms with Gasteiger partial charge in [0.2, 0.25) is 0 Å². The highest BCUT2D eigenvalue weighted by Gasteiger charge is 2.19. The zero-order valence-corrected chi connectivity index (χ0v) is 8.11. The Bertz CT molecular complexity index is 299. The van der Waals surface area contributed by atoms with Gasteiger partial charge in [-0.1, -0.05) is 30.3 Å². The van der Waals surface area contributed by atoms with Gasteiger partial charge in [0.25, 0.3) is 0 Å². The molecule has 1 unspecified atom stereocenters. The molecule has 0 aromatic heterocycles. The maximum atomic E-state index is 11.7. The van der Waals surface area contributed by atoms with Crippen molar-refractivity contribution in [2.24, 2.45) is 5.92 Å². The lowest BCUT2D eigenvalue weighted by molar-refractivity contribution is 0.0953. The number of carbonyl (C=O) groups excluding carboxylic acids is 1. The number of ether oxygens (including phenoxy) is 1. The maximum absolute atomic E-state index is 11.7. The average molecular weight is 190 g/mol. The molecule has 2 nitrogen and oxygen atoms in total. The molecule has 0 N–H and O–H groups in total. The minimum Gasteiger partial charge on any atom is -0.381 e. The molecule has 0 bridgehead atoms. The molecule has 0 radical (unpaired) electrons. The standard InChI is InChI=1S/C12H14O2/c13-12(8-10-6-7-14-9-10)11-4-2-1-3-5-11/h1-5,10H,6-9H2. The molecule has 1 aromatic carbocycles. The molecule has 0 amide bonds. The third-order valence-electron chi connectivity index (χ3n) is 2.59. The van der Waals surface area contributed by atoms with Crippen molar-refractivity contribution in [1.82, 2.24) is 0 Å². The van der Waals surface area contributed by atoms with Crippen LogP contribution in [-0.4, -0.2) is 19.0 Å². The van der Waals surface area contributed by atoms with Crippen LogP contribution in [0.4, 0.5) is 0 Å². The Kier molecular flexibility index (Phi) is 2.94. The Balaban J connectivity index is 1.95. The molecule has 1 aliphatic heterocycles. The minimum atomic E-state index is 0.237. The van der Waals surface area contributed by atoms with Gasteiger partial charge in [-0.2, -0.15) is 0 Å². The molecule has 2 heteroatoms. The van der Waals surface area contributed by atoms with E-state index < -0.39 is 0 Å². The van der Waals surface area contributed by atoms with Crippen molar-refractivity contribution in [2.45, 2.75) is 12.8 Å². The predicted molar refractivity (Wildman–Crippen MR) is 54.3 cm³/mol. The Morgan fingerprint density at radius 3 is 2.79 bits per heavy atom. The Morgan fingerprint density at radius 2 is 2.14 bits per heavy atom. The first kappa shape index (κ1) is 9.41. The van der Waals surface area contributed by atoms with Crippen LogP contribution in [0.1, 0.15) is 23.2 Å². The van der Waals surface area contributed by atoms with Crippen LogP contribution in [0.5, 0.6) is 0 Å². The second-order valence-corrected chi connectivity index (χ2v) is 3.72. The number of carbonyl (C=O) groups is 1. The van der Waals surface area contributed by atoms with E-state index in [9.17, 15) is 4.79 Å². The summed E-state index contributed by atoms with van der Waals surface area (Å²) in [6.45, 7) is 1.56. The van der Waals surface area contributed by atoms with E-state index in [1.165, 1.54) is 0 Å². The summed E-state index contributed by atoms with van der Waals surface area (Å²) < 4.78 is 5.24. The first-order chi connectivity index (χ1) is 6.86. The molecular weight excluding hydrogens is 176 g/mol. The van der Waals surface area contributed by atoms with Gasteiger partial charge in [-0.25, -0.2) is 0 Å². The SMILES string of the molecule is O=C(CC1CCOC1)c1ccccc1. The highest BCUT2D eigenvalue weighted by molar-refractivity contribution is 5.96. The monoisotopic (exact) mass is 190 g/mol. The fourth-order valence-corrected chi connectivity index (χ4v) is 1.75. The van der Waals surface area contributed by atoms with Crippen LogP contribution < -0.4 is 0 Å². The van der Waals surface area contributed by atoms with Gasteiger partial charge in [0.1, 0.15) is 0 Å². The highest BCUT2D eigenvalue weighted by Crippen LogP contribution is 2.18. The molecule has 2 rings (SSSR count). The molecule has 1 fully saturated rings. The number of benzene rings is 1. The van der Waals surface area contributed by atoms with Crippen LogP contribution >= 0.6 is 0 Å². The van der Waals surface area contributed by atoms with Gasteiger partial charge in [0.15, 0.2) is 5.78 Å². The second-order valence-electron chi connectivity index (χ2n) is 3.72. The van der Waals surface area contributed by atoms with Crippen molar-refractivity contribution in [3.63, 3.8) is 0 Å². The quantitative estimate of drug-likeness (QED) is 0.683. The summed E-state index contributed by atoms with van der Waals surface area (Å²) in [7, 11) is 0. The fourth-order valence-electron chi connectivity index (χ4n) is 1.75. The van der Waals surface area contributed by atoms with Gasteiger partial charge in [-0.05, 0) is 12.3 Å². The minimum absolute atomic E-state index is 0.237. The van der Waals surface area contributed by atoms with Crippen molar-refractivity contribution < 1.29 is 9.53 Å². The third kappa shape index (κ3) is 2.20. The van der Waals surface area contributed by atoms with Gasteiger partial charge in [0, 0.05) is 25.2 Å². The van der Waals surface area contributed by atoms with E-state index in [1.807, 2.05) is 30.3 Å².